The Morgan fingerprint density at radius 1 is 1.20 bits per heavy atom. The molecule has 0 heterocycles. The normalized spacial score (nSPS) is 15.4. The second-order valence-corrected chi connectivity index (χ2v) is 5.50. The summed E-state index contributed by atoms with van der Waals surface area (Å²) in [4.78, 5) is 0. The van der Waals surface area contributed by atoms with E-state index in [0.29, 0.717) is 0 Å². The van der Waals surface area contributed by atoms with Crippen molar-refractivity contribution < 1.29 is 8.78 Å². The van der Waals surface area contributed by atoms with Gasteiger partial charge in [0.15, 0.2) is 0 Å². The molecule has 0 atom stereocenters. The Balaban J connectivity index is 1.75. The maximum absolute atomic E-state index is 13.6. The highest BCUT2D eigenvalue weighted by atomic mass is 19.1. The van der Waals surface area contributed by atoms with Gasteiger partial charge < -0.3 is 5.32 Å². The van der Waals surface area contributed by atoms with Gasteiger partial charge in [0.2, 0.25) is 0 Å². The third-order valence-electron chi connectivity index (χ3n) is 4.01. The van der Waals surface area contributed by atoms with E-state index in [1.54, 1.807) is 6.07 Å². The third kappa shape index (κ3) is 4.01. The van der Waals surface area contributed by atoms with Gasteiger partial charge in [0, 0.05) is 12.1 Å². The van der Waals surface area contributed by atoms with Crippen LogP contribution in [0.4, 0.5) is 8.78 Å². The Morgan fingerprint density at radius 2 is 1.85 bits per heavy atom. The highest BCUT2D eigenvalue weighted by Crippen LogP contribution is 2.28. The molecule has 1 aromatic rings. The van der Waals surface area contributed by atoms with Crippen LogP contribution in [0.15, 0.2) is 12.1 Å². The second kappa shape index (κ2) is 7.35. The third-order valence-corrected chi connectivity index (χ3v) is 4.01. The van der Waals surface area contributed by atoms with Crippen LogP contribution < -0.4 is 5.32 Å². The molecule has 108 valence electrons. The summed E-state index contributed by atoms with van der Waals surface area (Å²) in [6, 6.07) is 3.91. The molecular weight excluding hydrogens is 258 g/mol. The molecule has 4 heteroatoms. The van der Waals surface area contributed by atoms with Gasteiger partial charge in [-0.25, -0.2) is 8.78 Å². The lowest BCUT2D eigenvalue weighted by Gasteiger charge is -2.10. The predicted octanol–water partition coefficient (Wildman–Crippen LogP) is 3.90. The molecule has 0 aromatic heterocycles. The molecule has 2 rings (SSSR count). The molecule has 0 spiro atoms. The van der Waals surface area contributed by atoms with Gasteiger partial charge in [-0.1, -0.05) is 25.7 Å². The fourth-order valence-electron chi connectivity index (χ4n) is 2.86. The van der Waals surface area contributed by atoms with E-state index in [1.165, 1.54) is 32.1 Å². The summed E-state index contributed by atoms with van der Waals surface area (Å²) in [5, 5.41) is 11.7. The van der Waals surface area contributed by atoms with Crippen LogP contribution >= 0.6 is 0 Å². The minimum absolute atomic E-state index is 0.0184. The monoisotopic (exact) mass is 278 g/mol. The van der Waals surface area contributed by atoms with Crippen molar-refractivity contribution in [1.82, 2.24) is 5.32 Å². The Labute approximate surface area is 118 Å². The zero-order valence-corrected chi connectivity index (χ0v) is 11.6. The second-order valence-electron chi connectivity index (χ2n) is 5.50. The van der Waals surface area contributed by atoms with Crippen LogP contribution in [-0.2, 0) is 6.54 Å². The number of hydrogen-bond donors (Lipinski definition) is 1. The fourth-order valence-corrected chi connectivity index (χ4v) is 2.86. The zero-order valence-electron chi connectivity index (χ0n) is 11.6. The number of nitriles is 1. The molecule has 2 nitrogen and oxygen atoms in total. The molecule has 0 bridgehead atoms. The lowest BCUT2D eigenvalue weighted by molar-refractivity contribution is 0.465. The van der Waals surface area contributed by atoms with E-state index in [-0.39, 0.29) is 17.7 Å². The van der Waals surface area contributed by atoms with Crippen molar-refractivity contribution in [1.29, 1.82) is 5.26 Å². The van der Waals surface area contributed by atoms with E-state index in [9.17, 15) is 8.78 Å². The summed E-state index contributed by atoms with van der Waals surface area (Å²) >= 11 is 0. The summed E-state index contributed by atoms with van der Waals surface area (Å²) in [6.07, 6.45) is 7.60. The van der Waals surface area contributed by atoms with Crippen molar-refractivity contribution in [2.24, 2.45) is 5.92 Å². The average molecular weight is 278 g/mol. The van der Waals surface area contributed by atoms with Crippen LogP contribution in [0.1, 0.15) is 49.7 Å². The predicted molar refractivity (Wildman–Crippen MR) is 74.0 cm³/mol. The summed E-state index contributed by atoms with van der Waals surface area (Å²) in [7, 11) is 0. The van der Waals surface area contributed by atoms with Crippen LogP contribution in [0, 0.1) is 28.9 Å². The smallest absolute Gasteiger partial charge is 0.131 e. The maximum atomic E-state index is 13.6. The first-order valence-corrected chi connectivity index (χ1v) is 7.29. The molecule has 1 saturated carbocycles. The van der Waals surface area contributed by atoms with E-state index in [1.807, 2.05) is 0 Å². The van der Waals surface area contributed by atoms with Gasteiger partial charge in [0.05, 0.1) is 11.6 Å². The number of nitrogens with one attached hydrogen (secondary N) is 1. The largest absolute Gasteiger partial charge is 0.312 e. The van der Waals surface area contributed by atoms with E-state index < -0.39 is 11.6 Å². The molecule has 0 aliphatic heterocycles. The van der Waals surface area contributed by atoms with Crippen molar-refractivity contribution in [3.05, 3.63) is 34.9 Å². The molecule has 20 heavy (non-hydrogen) atoms. The van der Waals surface area contributed by atoms with Crippen molar-refractivity contribution in [3.8, 4) is 6.07 Å². The van der Waals surface area contributed by atoms with Crippen LogP contribution in [0.3, 0.4) is 0 Å². The highest BCUT2D eigenvalue weighted by Gasteiger charge is 2.14. The number of benzene rings is 1. The standard InChI is InChI=1S/C16H20F2N2/c17-15-8-13(10-19)9-16(18)14(15)11-20-7-3-6-12-4-1-2-5-12/h8-9,12,20H,1-7,11H2. The Kier molecular flexibility index (Phi) is 5.49. The first kappa shape index (κ1) is 14.9. The van der Waals surface area contributed by atoms with E-state index in [0.717, 1.165) is 31.0 Å². The highest BCUT2D eigenvalue weighted by molar-refractivity contribution is 5.34. The molecule has 0 radical (unpaired) electrons. The van der Waals surface area contributed by atoms with Gasteiger partial charge in [-0.15, -0.1) is 0 Å². The summed E-state index contributed by atoms with van der Waals surface area (Å²) in [6.45, 7) is 0.948. The molecular formula is C16H20F2N2. The minimum atomic E-state index is -0.648. The van der Waals surface area contributed by atoms with Crippen LogP contribution in [0.5, 0.6) is 0 Å². The van der Waals surface area contributed by atoms with E-state index in [4.69, 9.17) is 5.26 Å². The first-order chi connectivity index (χ1) is 9.70. The molecule has 0 saturated heterocycles. The van der Waals surface area contributed by atoms with Crippen LogP contribution in [0.2, 0.25) is 0 Å². The Morgan fingerprint density at radius 3 is 2.45 bits per heavy atom. The van der Waals surface area contributed by atoms with Gasteiger partial charge in [0.25, 0.3) is 0 Å². The molecule has 1 aliphatic rings. The molecule has 1 fully saturated rings. The average Bonchev–Trinajstić information content (AvgIpc) is 2.94. The fraction of sp³-hybridized carbons (Fsp3) is 0.562. The summed E-state index contributed by atoms with van der Waals surface area (Å²) in [5.41, 5.74) is 0.0369. The molecule has 1 aromatic carbocycles. The molecule has 0 unspecified atom stereocenters. The number of halogens is 2. The topological polar surface area (TPSA) is 35.8 Å². The van der Waals surface area contributed by atoms with Crippen molar-refractivity contribution in [3.63, 3.8) is 0 Å². The van der Waals surface area contributed by atoms with Gasteiger partial charge >= 0.3 is 0 Å². The zero-order chi connectivity index (χ0) is 14.4. The first-order valence-electron chi connectivity index (χ1n) is 7.29. The summed E-state index contributed by atoms with van der Waals surface area (Å²) in [5.74, 6) is -0.449. The van der Waals surface area contributed by atoms with Gasteiger partial charge in [-0.3, -0.25) is 0 Å². The quantitative estimate of drug-likeness (QED) is 0.801. The van der Waals surface area contributed by atoms with E-state index >= 15 is 0 Å². The van der Waals surface area contributed by atoms with Gasteiger partial charge in [-0.05, 0) is 37.4 Å². The van der Waals surface area contributed by atoms with Crippen molar-refractivity contribution in [2.75, 3.05) is 6.54 Å². The van der Waals surface area contributed by atoms with Crippen molar-refractivity contribution in [2.45, 2.75) is 45.1 Å². The van der Waals surface area contributed by atoms with Crippen LogP contribution in [-0.4, -0.2) is 6.54 Å². The Bertz CT molecular complexity index is 465. The molecule has 1 N–H and O–H groups in total. The lowest BCUT2D eigenvalue weighted by atomic mass is 10.0. The van der Waals surface area contributed by atoms with Crippen LogP contribution in [0.25, 0.3) is 0 Å². The van der Waals surface area contributed by atoms with Crippen molar-refractivity contribution >= 4 is 0 Å². The summed E-state index contributed by atoms with van der Waals surface area (Å²) < 4.78 is 27.2. The molecule has 0 amide bonds. The minimum Gasteiger partial charge on any atom is -0.312 e. The number of nitrogens with zero attached hydrogens (tertiary/aromatic N) is 1. The molecule has 1 aliphatic carbocycles. The number of hydrogen-bond acceptors (Lipinski definition) is 2. The Hall–Kier alpha value is -1.47. The lowest BCUT2D eigenvalue weighted by Crippen LogP contribution is -2.17. The maximum Gasteiger partial charge on any atom is 0.131 e. The SMILES string of the molecule is N#Cc1cc(F)c(CNCCCC2CCCC2)c(F)c1. The number of rotatable bonds is 6. The van der Waals surface area contributed by atoms with Gasteiger partial charge in [-0.2, -0.15) is 5.26 Å². The van der Waals surface area contributed by atoms with E-state index in [2.05, 4.69) is 5.32 Å². The van der Waals surface area contributed by atoms with Gasteiger partial charge in [0.1, 0.15) is 11.6 Å².